The second-order valence-corrected chi connectivity index (χ2v) is 10.6. The molecule has 3 N–H and O–H groups in total. The summed E-state index contributed by atoms with van der Waals surface area (Å²) in [5.41, 5.74) is 11.6. The van der Waals surface area contributed by atoms with E-state index >= 15 is 0 Å². The summed E-state index contributed by atoms with van der Waals surface area (Å²) in [5.74, 6) is 1.64. The highest BCUT2D eigenvalue weighted by atomic mass is 32.1. The zero-order valence-electron chi connectivity index (χ0n) is 20.9. The van der Waals surface area contributed by atoms with Crippen molar-refractivity contribution >= 4 is 34.2 Å². The van der Waals surface area contributed by atoms with E-state index in [-0.39, 0.29) is 11.9 Å². The fraction of sp³-hybridized carbons (Fsp3) is 0.143. The van der Waals surface area contributed by atoms with Crippen molar-refractivity contribution in [2.45, 2.75) is 25.8 Å². The Morgan fingerprint density at radius 1 is 1.10 bits per heavy atom. The summed E-state index contributed by atoms with van der Waals surface area (Å²) < 4.78 is 3.73. The van der Waals surface area contributed by atoms with Crippen LogP contribution < -0.4 is 11.1 Å². The van der Waals surface area contributed by atoms with Gasteiger partial charge in [-0.2, -0.15) is 5.10 Å². The van der Waals surface area contributed by atoms with Gasteiger partial charge in [0.25, 0.3) is 5.91 Å². The Kier molecular flexibility index (Phi) is 5.44. The van der Waals surface area contributed by atoms with Crippen molar-refractivity contribution in [2.24, 2.45) is 0 Å². The monoisotopic (exact) mass is 533 g/mol. The molecule has 11 heteroatoms. The van der Waals surface area contributed by atoms with Crippen molar-refractivity contribution in [1.82, 2.24) is 39.6 Å². The van der Waals surface area contributed by atoms with Gasteiger partial charge in [-0.25, -0.2) is 24.6 Å². The van der Waals surface area contributed by atoms with E-state index in [2.05, 4.69) is 32.5 Å². The first-order chi connectivity index (χ1) is 19.0. The van der Waals surface area contributed by atoms with Gasteiger partial charge in [0.1, 0.15) is 16.2 Å². The Balaban J connectivity index is 1.32. The second-order valence-electron chi connectivity index (χ2n) is 9.36. The Morgan fingerprint density at radius 3 is 2.82 bits per heavy atom. The van der Waals surface area contributed by atoms with E-state index in [0.29, 0.717) is 28.0 Å². The zero-order chi connectivity index (χ0) is 26.5. The van der Waals surface area contributed by atoms with Crippen LogP contribution in [0.2, 0.25) is 0 Å². The summed E-state index contributed by atoms with van der Waals surface area (Å²) in [6, 6.07) is 15.7. The van der Waals surface area contributed by atoms with Gasteiger partial charge in [-0.05, 0) is 73.4 Å². The van der Waals surface area contributed by atoms with Crippen LogP contribution in [0.1, 0.15) is 38.3 Å². The van der Waals surface area contributed by atoms with Crippen LogP contribution in [0.4, 0.5) is 5.82 Å². The first-order valence-corrected chi connectivity index (χ1v) is 13.3. The Labute approximate surface area is 227 Å². The van der Waals surface area contributed by atoms with Crippen LogP contribution >= 0.6 is 11.3 Å². The normalized spacial score (nSPS) is 14.5. The van der Waals surface area contributed by atoms with E-state index in [4.69, 9.17) is 15.7 Å². The highest BCUT2D eigenvalue weighted by Gasteiger charge is 2.27. The van der Waals surface area contributed by atoms with Crippen molar-refractivity contribution in [1.29, 1.82) is 0 Å². The molecule has 192 valence electrons. The lowest BCUT2D eigenvalue weighted by atomic mass is 10.1. The molecular weight excluding hydrogens is 510 g/mol. The van der Waals surface area contributed by atoms with Crippen molar-refractivity contribution in [2.75, 3.05) is 5.73 Å². The molecule has 1 atom stereocenters. The van der Waals surface area contributed by atoms with Crippen molar-refractivity contribution < 1.29 is 4.79 Å². The molecule has 0 radical (unpaired) electrons. The van der Waals surface area contributed by atoms with E-state index in [1.54, 1.807) is 23.3 Å². The molecule has 0 unspecified atom stereocenters. The maximum absolute atomic E-state index is 12.8. The summed E-state index contributed by atoms with van der Waals surface area (Å²) in [5, 5.41) is 8.39. The van der Waals surface area contributed by atoms with E-state index in [9.17, 15) is 4.79 Å². The third-order valence-electron chi connectivity index (χ3n) is 6.92. The van der Waals surface area contributed by atoms with Gasteiger partial charge in [-0.15, -0.1) is 11.3 Å². The van der Waals surface area contributed by atoms with Gasteiger partial charge >= 0.3 is 0 Å². The van der Waals surface area contributed by atoms with Crippen molar-refractivity contribution in [3.05, 3.63) is 94.3 Å². The number of fused-ring (bicyclic) bond motifs is 2. The number of rotatable bonds is 5. The van der Waals surface area contributed by atoms with Crippen LogP contribution in [0.25, 0.3) is 34.1 Å². The largest absolute Gasteiger partial charge is 0.383 e. The van der Waals surface area contributed by atoms with Gasteiger partial charge in [0.05, 0.1) is 22.8 Å². The predicted octanol–water partition coefficient (Wildman–Crippen LogP) is 4.43. The molecule has 0 saturated carbocycles. The number of carbonyl (C=O) groups excluding carboxylic acids is 1. The lowest BCUT2D eigenvalue weighted by molar-refractivity contribution is 0.0940. The second kappa shape index (κ2) is 9.14. The number of nitrogens with two attached hydrogens (primary N) is 1. The Morgan fingerprint density at radius 2 is 2.03 bits per heavy atom. The first-order valence-electron chi connectivity index (χ1n) is 12.5. The van der Waals surface area contributed by atoms with Gasteiger partial charge in [0.2, 0.25) is 0 Å². The van der Waals surface area contributed by atoms with Crippen molar-refractivity contribution in [3.8, 4) is 22.9 Å². The fourth-order valence-corrected chi connectivity index (χ4v) is 5.78. The molecule has 6 aromatic rings. The smallest absolute Gasteiger partial charge is 0.263 e. The van der Waals surface area contributed by atoms with Crippen LogP contribution in [0.5, 0.6) is 0 Å². The lowest BCUT2D eigenvalue weighted by Crippen LogP contribution is -2.26. The third kappa shape index (κ3) is 4.03. The van der Waals surface area contributed by atoms with E-state index < -0.39 is 0 Å². The summed E-state index contributed by atoms with van der Waals surface area (Å²) in [6.07, 6.45) is 8.55. The van der Waals surface area contributed by atoms with E-state index in [1.165, 1.54) is 16.9 Å². The molecule has 1 aromatic carbocycles. The number of nitrogen functional groups attached to an aromatic ring is 1. The molecule has 39 heavy (non-hydrogen) atoms. The molecule has 5 aromatic heterocycles. The van der Waals surface area contributed by atoms with Gasteiger partial charge in [-0.1, -0.05) is 6.07 Å². The Hall–Kier alpha value is -4.90. The molecule has 1 aliphatic rings. The molecular formula is C28H23N9OS. The number of hydrogen-bond donors (Lipinski definition) is 2. The standard InChI is InChI=1S/C28H23N9OS/c1-16-31-15-23(39-16)28(38)34-21-8-5-17-14-18(6-7-19(17)21)37-26(20-4-2-11-30-25(20)29)33-22-9-10-24(35-27(22)37)36-13-3-12-32-36/h2-4,6-7,9-15,21H,5,8H2,1H3,(H2,29,30)(H,34,38)/t21-/m0/s1. The number of carbonyl (C=O) groups is 1. The molecule has 0 bridgehead atoms. The highest BCUT2D eigenvalue weighted by molar-refractivity contribution is 7.13. The van der Waals surface area contributed by atoms with Gasteiger partial charge in [-0.3, -0.25) is 9.36 Å². The third-order valence-corrected chi connectivity index (χ3v) is 7.83. The lowest BCUT2D eigenvalue weighted by Gasteiger charge is -2.15. The molecule has 10 nitrogen and oxygen atoms in total. The van der Waals surface area contributed by atoms with Gasteiger partial charge < -0.3 is 11.1 Å². The topological polar surface area (TPSA) is 129 Å². The number of pyridine rings is 2. The zero-order valence-corrected chi connectivity index (χ0v) is 21.8. The summed E-state index contributed by atoms with van der Waals surface area (Å²) in [7, 11) is 0. The van der Waals surface area contributed by atoms with Gasteiger partial charge in [0, 0.05) is 24.3 Å². The molecule has 0 fully saturated rings. The fourth-order valence-electron chi connectivity index (χ4n) is 5.10. The summed E-state index contributed by atoms with van der Waals surface area (Å²) >= 11 is 1.40. The van der Waals surface area contributed by atoms with E-state index in [1.807, 2.05) is 54.1 Å². The van der Waals surface area contributed by atoms with Crippen LogP contribution in [-0.4, -0.2) is 40.2 Å². The maximum atomic E-state index is 12.8. The molecule has 0 saturated heterocycles. The SMILES string of the molecule is Cc1ncc(C(=O)N[C@H]2CCc3cc(-n4c(-c5cccnc5N)nc5ccc(-n6cccn6)nc54)ccc32)s1. The number of amides is 1. The van der Waals surface area contributed by atoms with Crippen LogP contribution in [-0.2, 0) is 6.42 Å². The number of thiazole rings is 1. The summed E-state index contributed by atoms with van der Waals surface area (Å²) in [4.78, 5) is 31.8. The molecule has 0 aliphatic heterocycles. The number of nitrogens with zero attached hydrogens (tertiary/aromatic N) is 7. The average molecular weight is 534 g/mol. The van der Waals surface area contributed by atoms with Crippen molar-refractivity contribution in [3.63, 3.8) is 0 Å². The van der Waals surface area contributed by atoms with Crippen LogP contribution in [0.15, 0.2) is 73.3 Å². The summed E-state index contributed by atoms with van der Waals surface area (Å²) in [6.45, 7) is 1.90. The average Bonchev–Trinajstić information content (AvgIpc) is 3.75. The molecule has 1 amide bonds. The number of anilines is 1. The minimum Gasteiger partial charge on any atom is -0.383 e. The molecule has 1 aliphatic carbocycles. The van der Waals surface area contributed by atoms with Crippen LogP contribution in [0.3, 0.4) is 0 Å². The predicted molar refractivity (Wildman–Crippen MR) is 149 cm³/mol. The Bertz CT molecular complexity index is 1850. The van der Waals surface area contributed by atoms with Gasteiger partial charge in [0.15, 0.2) is 17.3 Å². The number of aromatic nitrogens is 7. The number of hydrogen-bond acceptors (Lipinski definition) is 8. The minimum absolute atomic E-state index is 0.0542. The number of nitrogens with one attached hydrogen (secondary N) is 1. The number of imidazole rings is 1. The number of benzene rings is 1. The first kappa shape index (κ1) is 23.2. The number of aryl methyl sites for hydroxylation is 2. The molecule has 7 rings (SSSR count). The maximum Gasteiger partial charge on any atom is 0.263 e. The minimum atomic E-state index is -0.0900. The highest BCUT2D eigenvalue weighted by Crippen LogP contribution is 2.36. The molecule has 5 heterocycles. The quantitative estimate of drug-likeness (QED) is 0.335. The molecule has 0 spiro atoms. The van der Waals surface area contributed by atoms with Crippen LogP contribution in [0, 0.1) is 6.92 Å². The van der Waals surface area contributed by atoms with E-state index in [0.717, 1.165) is 40.2 Å².